The van der Waals surface area contributed by atoms with E-state index in [0.717, 1.165) is 7.11 Å². The van der Waals surface area contributed by atoms with Gasteiger partial charge in [-0.3, -0.25) is 9.59 Å². The van der Waals surface area contributed by atoms with Crippen LogP contribution in [0.2, 0.25) is 0 Å². The smallest absolute Gasteiger partial charge is 0.469 e. The minimum atomic E-state index is -4.96. The molecule has 0 unspecified atom stereocenters. The van der Waals surface area contributed by atoms with Gasteiger partial charge in [-0.15, -0.1) is 13.2 Å². The van der Waals surface area contributed by atoms with Gasteiger partial charge in [-0.05, 0) is 6.42 Å². The second-order valence-electron chi connectivity index (χ2n) is 2.35. The van der Waals surface area contributed by atoms with Crippen LogP contribution in [0.15, 0.2) is 0 Å². The fourth-order valence-electron chi connectivity index (χ4n) is 0.659. The lowest BCUT2D eigenvalue weighted by atomic mass is 10.2. The summed E-state index contributed by atoms with van der Waals surface area (Å²) in [5.74, 6) is -1.98. The van der Waals surface area contributed by atoms with Gasteiger partial charge in [0.15, 0.2) is 0 Å². The summed E-state index contributed by atoms with van der Waals surface area (Å²) >= 11 is 0. The molecule has 0 saturated carbocycles. The molecule has 14 heavy (non-hydrogen) atoms. The molecule has 0 N–H and O–H groups in total. The lowest BCUT2D eigenvalue weighted by molar-refractivity contribution is -0.305. The average molecular weight is 214 g/mol. The zero-order valence-corrected chi connectivity index (χ0v) is 7.39. The van der Waals surface area contributed by atoms with E-state index < -0.39 is 24.7 Å². The van der Waals surface area contributed by atoms with Crippen molar-refractivity contribution in [2.75, 3.05) is 7.11 Å². The molecule has 82 valence electrons. The van der Waals surface area contributed by atoms with E-state index in [2.05, 4.69) is 9.47 Å². The van der Waals surface area contributed by atoms with E-state index >= 15 is 0 Å². The summed E-state index contributed by atoms with van der Waals surface area (Å²) in [6, 6.07) is 0. The van der Waals surface area contributed by atoms with Gasteiger partial charge in [0.25, 0.3) is 0 Å². The molecule has 0 aliphatic rings. The summed E-state index contributed by atoms with van der Waals surface area (Å²) in [6.45, 7) is 0. The molecule has 0 amide bonds. The van der Waals surface area contributed by atoms with Crippen molar-refractivity contribution < 1.29 is 32.2 Å². The first-order chi connectivity index (χ1) is 6.35. The van der Waals surface area contributed by atoms with Gasteiger partial charge in [-0.2, -0.15) is 0 Å². The summed E-state index contributed by atoms with van der Waals surface area (Å²) in [4.78, 5) is 20.9. The number of halogens is 3. The Morgan fingerprint density at radius 3 is 2.07 bits per heavy atom. The number of alkyl halides is 3. The topological polar surface area (TPSA) is 52.6 Å². The Hall–Kier alpha value is -1.27. The monoisotopic (exact) mass is 214 g/mol. The minimum absolute atomic E-state index is 0.0262. The molecular formula is C7H9F3O4. The van der Waals surface area contributed by atoms with Crippen LogP contribution in [0.1, 0.15) is 19.3 Å². The predicted octanol–water partition coefficient (Wildman–Crippen LogP) is 1.39. The molecule has 0 saturated heterocycles. The standard InChI is InChI=1S/C7H9F3O4/c1-13-5(11)3-2-4-6(12)14-7(8,9)10/h2-4H2,1H3. The zero-order valence-electron chi connectivity index (χ0n) is 7.39. The Kier molecular flexibility index (Phi) is 4.96. The number of hydrogen-bond acceptors (Lipinski definition) is 4. The molecule has 0 heterocycles. The van der Waals surface area contributed by atoms with Crippen molar-refractivity contribution in [2.45, 2.75) is 25.6 Å². The summed E-state index contributed by atoms with van der Waals surface area (Å²) in [5, 5.41) is 0. The van der Waals surface area contributed by atoms with Crippen molar-refractivity contribution >= 4 is 11.9 Å². The minimum Gasteiger partial charge on any atom is -0.469 e. The molecule has 0 spiro atoms. The molecule has 0 aromatic heterocycles. The lowest BCUT2D eigenvalue weighted by Gasteiger charge is -2.06. The first-order valence-corrected chi connectivity index (χ1v) is 3.70. The molecule has 0 atom stereocenters. The number of methoxy groups -OCH3 is 1. The van der Waals surface area contributed by atoms with Gasteiger partial charge in [0.1, 0.15) is 0 Å². The van der Waals surface area contributed by atoms with Crippen molar-refractivity contribution in [2.24, 2.45) is 0 Å². The average Bonchev–Trinajstić information content (AvgIpc) is 2.00. The highest BCUT2D eigenvalue weighted by Crippen LogP contribution is 2.17. The van der Waals surface area contributed by atoms with E-state index in [4.69, 9.17) is 0 Å². The summed E-state index contributed by atoms with van der Waals surface area (Å²) in [6.07, 6.45) is -5.55. The molecule has 0 rings (SSSR count). The predicted molar refractivity (Wildman–Crippen MR) is 38.0 cm³/mol. The van der Waals surface area contributed by atoms with Crippen LogP contribution in [0.25, 0.3) is 0 Å². The van der Waals surface area contributed by atoms with Gasteiger partial charge in [-0.1, -0.05) is 0 Å². The SMILES string of the molecule is COC(=O)CCCC(=O)OC(F)(F)F. The van der Waals surface area contributed by atoms with Gasteiger partial charge in [-0.25, -0.2) is 0 Å². The first-order valence-electron chi connectivity index (χ1n) is 3.70. The fraction of sp³-hybridized carbons (Fsp3) is 0.714. The number of hydrogen-bond donors (Lipinski definition) is 0. The van der Waals surface area contributed by atoms with Gasteiger partial charge in [0, 0.05) is 12.8 Å². The molecule has 0 aromatic rings. The maximum Gasteiger partial charge on any atom is 0.575 e. The highest BCUT2D eigenvalue weighted by Gasteiger charge is 2.33. The van der Waals surface area contributed by atoms with E-state index in [-0.39, 0.29) is 12.8 Å². The van der Waals surface area contributed by atoms with Crippen molar-refractivity contribution in [3.63, 3.8) is 0 Å². The molecular weight excluding hydrogens is 205 g/mol. The third kappa shape index (κ3) is 7.38. The van der Waals surface area contributed by atoms with Crippen molar-refractivity contribution in [1.29, 1.82) is 0 Å². The van der Waals surface area contributed by atoms with Crippen molar-refractivity contribution in [1.82, 2.24) is 0 Å². The normalized spacial score (nSPS) is 10.9. The van der Waals surface area contributed by atoms with Gasteiger partial charge < -0.3 is 9.47 Å². The van der Waals surface area contributed by atoms with Gasteiger partial charge >= 0.3 is 18.3 Å². The maximum atomic E-state index is 11.4. The quantitative estimate of drug-likeness (QED) is 0.663. The van der Waals surface area contributed by atoms with Gasteiger partial charge in [0.2, 0.25) is 0 Å². The van der Waals surface area contributed by atoms with Crippen LogP contribution in [0.3, 0.4) is 0 Å². The number of esters is 2. The van der Waals surface area contributed by atoms with Crippen molar-refractivity contribution in [3.05, 3.63) is 0 Å². The number of carbonyl (C=O) groups is 2. The molecule has 0 aliphatic carbocycles. The molecule has 4 nitrogen and oxygen atoms in total. The fourth-order valence-corrected chi connectivity index (χ4v) is 0.659. The van der Waals surface area contributed by atoms with Crippen LogP contribution in [0.5, 0.6) is 0 Å². The molecule has 7 heteroatoms. The van der Waals surface area contributed by atoms with Crippen LogP contribution in [0.4, 0.5) is 13.2 Å². The molecule has 0 radical (unpaired) electrons. The van der Waals surface area contributed by atoms with E-state index in [9.17, 15) is 22.8 Å². The summed E-state index contributed by atoms with van der Waals surface area (Å²) < 4.78 is 41.6. The number of ether oxygens (including phenoxy) is 2. The van der Waals surface area contributed by atoms with Crippen molar-refractivity contribution in [3.8, 4) is 0 Å². The third-order valence-electron chi connectivity index (χ3n) is 1.22. The Morgan fingerprint density at radius 1 is 1.14 bits per heavy atom. The van der Waals surface area contributed by atoms with Crippen LogP contribution in [0, 0.1) is 0 Å². The molecule has 0 bridgehead atoms. The van der Waals surface area contributed by atoms with Crippen LogP contribution in [-0.2, 0) is 19.1 Å². The van der Waals surface area contributed by atoms with E-state index in [1.807, 2.05) is 0 Å². The van der Waals surface area contributed by atoms with E-state index in [0.29, 0.717) is 0 Å². The van der Waals surface area contributed by atoms with Crippen LogP contribution < -0.4 is 0 Å². The molecule has 0 aromatic carbocycles. The lowest BCUT2D eigenvalue weighted by Crippen LogP contribution is -2.19. The highest BCUT2D eigenvalue weighted by molar-refractivity contribution is 5.72. The molecule has 0 fully saturated rings. The summed E-state index contributed by atoms with van der Waals surface area (Å²) in [7, 11) is 1.15. The summed E-state index contributed by atoms with van der Waals surface area (Å²) in [5.41, 5.74) is 0. The Morgan fingerprint density at radius 2 is 1.64 bits per heavy atom. The maximum absolute atomic E-state index is 11.4. The number of carbonyl (C=O) groups excluding carboxylic acids is 2. The highest BCUT2D eigenvalue weighted by atomic mass is 19.4. The van der Waals surface area contributed by atoms with Crippen LogP contribution >= 0.6 is 0 Å². The van der Waals surface area contributed by atoms with E-state index in [1.165, 1.54) is 0 Å². The largest absolute Gasteiger partial charge is 0.575 e. The number of rotatable bonds is 4. The molecule has 0 aliphatic heterocycles. The van der Waals surface area contributed by atoms with E-state index in [1.54, 1.807) is 0 Å². The third-order valence-corrected chi connectivity index (χ3v) is 1.22. The van der Waals surface area contributed by atoms with Crippen LogP contribution in [-0.4, -0.2) is 25.4 Å². The Bertz CT molecular complexity index is 211. The Labute approximate surface area is 78.0 Å². The first kappa shape index (κ1) is 12.7. The second-order valence-corrected chi connectivity index (χ2v) is 2.35. The van der Waals surface area contributed by atoms with Gasteiger partial charge in [0.05, 0.1) is 7.11 Å². The zero-order chi connectivity index (χ0) is 11.2. The second kappa shape index (κ2) is 5.46. The Balaban J connectivity index is 3.60.